The van der Waals surface area contributed by atoms with E-state index in [4.69, 9.17) is 16.4 Å². The van der Waals surface area contributed by atoms with Crippen LogP contribution in [0.4, 0.5) is 0 Å². The first-order valence-electron chi connectivity index (χ1n) is 2.24. The van der Waals surface area contributed by atoms with E-state index in [-0.39, 0.29) is 9.76 Å². The van der Waals surface area contributed by atoms with E-state index >= 15 is 0 Å². The van der Waals surface area contributed by atoms with E-state index in [0.29, 0.717) is 11.8 Å². The van der Waals surface area contributed by atoms with Gasteiger partial charge in [0.15, 0.2) is 0 Å². The first-order valence-corrected chi connectivity index (χ1v) is 3.93. The molecule has 7 heavy (non-hydrogen) atoms. The van der Waals surface area contributed by atoms with Crippen LogP contribution in [0.2, 0.25) is 6.04 Å². The molecule has 0 aliphatic carbocycles. The molecule has 0 aromatic heterocycles. The maximum Gasteiger partial charge on any atom is 0.224 e. The fourth-order valence-electron chi connectivity index (χ4n) is 0.210. The van der Waals surface area contributed by atoms with Gasteiger partial charge >= 0.3 is 0 Å². The number of halogens is 1. The summed E-state index contributed by atoms with van der Waals surface area (Å²) in [5.41, 5.74) is 0. The van der Waals surface area contributed by atoms with Crippen molar-refractivity contribution in [2.75, 3.05) is 5.88 Å². The van der Waals surface area contributed by atoms with Crippen LogP contribution < -0.4 is 0 Å². The van der Waals surface area contributed by atoms with Gasteiger partial charge in [-0.05, 0) is 12.0 Å². The van der Waals surface area contributed by atoms with Gasteiger partial charge in [-0.25, -0.2) is 0 Å². The molecule has 1 N–H and O–H groups in total. The smallest absolute Gasteiger partial charge is 0.224 e. The van der Waals surface area contributed by atoms with Crippen molar-refractivity contribution in [3.8, 4) is 0 Å². The average Bonchev–Trinajstić information content (AvgIpc) is 1.68. The molecule has 0 amide bonds. The van der Waals surface area contributed by atoms with E-state index < -0.39 is 0 Å². The minimum Gasteiger partial charge on any atom is -0.432 e. The number of hydrogen-bond donors (Lipinski definition) is 1. The van der Waals surface area contributed by atoms with Gasteiger partial charge < -0.3 is 4.80 Å². The second kappa shape index (κ2) is 4.62. The number of hydrogen-bond acceptors (Lipinski definition) is 1. The molecule has 0 aliphatic rings. The maximum atomic E-state index is 8.34. The number of alkyl halides is 1. The van der Waals surface area contributed by atoms with Crippen LogP contribution in [0, 0.1) is 5.92 Å². The Balaban J connectivity index is 2.83. The first kappa shape index (κ1) is 7.47. The molecule has 0 aromatic carbocycles. The average molecular weight is 137 g/mol. The molecule has 0 aliphatic heterocycles. The van der Waals surface area contributed by atoms with Gasteiger partial charge in [-0.3, -0.25) is 0 Å². The van der Waals surface area contributed by atoms with Gasteiger partial charge in [0.2, 0.25) is 9.76 Å². The molecule has 0 heterocycles. The fraction of sp³-hybridized carbons (Fsp3) is 1.00. The Labute approximate surface area is 51.6 Å². The molecule has 0 saturated carbocycles. The molecule has 0 bridgehead atoms. The van der Waals surface area contributed by atoms with Gasteiger partial charge in [0.05, 0.1) is 0 Å². The van der Waals surface area contributed by atoms with Crippen molar-refractivity contribution in [3.05, 3.63) is 0 Å². The molecule has 0 rings (SSSR count). The van der Waals surface area contributed by atoms with Crippen LogP contribution in [0.1, 0.15) is 6.92 Å². The van der Waals surface area contributed by atoms with Crippen molar-refractivity contribution in [3.63, 3.8) is 0 Å². The van der Waals surface area contributed by atoms with Gasteiger partial charge in [0.1, 0.15) is 0 Å². The Morgan fingerprint density at radius 3 is 2.57 bits per heavy atom. The molecule has 1 nitrogen and oxygen atoms in total. The maximum absolute atomic E-state index is 8.34. The molecule has 1 atom stereocenters. The van der Waals surface area contributed by atoms with Gasteiger partial charge in [0.25, 0.3) is 0 Å². The second-order valence-corrected chi connectivity index (χ2v) is 2.65. The summed E-state index contributed by atoms with van der Waals surface area (Å²) in [4.78, 5) is 8.34. The highest BCUT2D eigenvalue weighted by Crippen LogP contribution is 2.01. The van der Waals surface area contributed by atoms with E-state index in [9.17, 15) is 0 Å². The van der Waals surface area contributed by atoms with Crippen LogP contribution in [-0.2, 0) is 0 Å². The summed E-state index contributed by atoms with van der Waals surface area (Å²) in [5, 5.41) is 0. The Bertz CT molecular complexity index is 42.7. The highest BCUT2D eigenvalue weighted by Gasteiger charge is 1.96. The van der Waals surface area contributed by atoms with Crippen LogP contribution in [0.15, 0.2) is 0 Å². The molecular weight excluding hydrogens is 128 g/mol. The zero-order valence-electron chi connectivity index (χ0n) is 4.32. The van der Waals surface area contributed by atoms with Crippen molar-refractivity contribution in [2.24, 2.45) is 5.92 Å². The molecule has 42 valence electrons. The van der Waals surface area contributed by atoms with Gasteiger partial charge in [-0.2, -0.15) is 0 Å². The van der Waals surface area contributed by atoms with Crippen molar-refractivity contribution >= 4 is 21.4 Å². The summed E-state index contributed by atoms with van der Waals surface area (Å²) in [6, 6.07) is 0.851. The number of rotatable bonds is 3. The lowest BCUT2D eigenvalue weighted by Crippen LogP contribution is -1.99. The molecular formula is C4H9ClOSi. The first-order chi connectivity index (χ1) is 3.31. The third kappa shape index (κ3) is 4.32. The molecule has 0 spiro atoms. The van der Waals surface area contributed by atoms with Crippen molar-refractivity contribution in [1.82, 2.24) is 0 Å². The summed E-state index contributed by atoms with van der Waals surface area (Å²) in [6.07, 6.45) is 0. The Morgan fingerprint density at radius 1 is 1.86 bits per heavy atom. The monoisotopic (exact) mass is 136 g/mol. The second-order valence-electron chi connectivity index (χ2n) is 1.62. The zero-order chi connectivity index (χ0) is 5.70. The van der Waals surface area contributed by atoms with Crippen LogP contribution in [0.3, 0.4) is 0 Å². The topological polar surface area (TPSA) is 20.2 Å². The van der Waals surface area contributed by atoms with Crippen LogP contribution >= 0.6 is 11.6 Å². The third-order valence-corrected chi connectivity index (χ3v) is 2.11. The SMILES string of the molecule is CC(CCl)C[Si]O. The van der Waals surface area contributed by atoms with E-state index in [0.717, 1.165) is 6.04 Å². The zero-order valence-corrected chi connectivity index (χ0v) is 6.07. The minimum absolute atomic E-state index is 0.0605. The largest absolute Gasteiger partial charge is 0.432 e. The van der Waals surface area contributed by atoms with Crippen molar-refractivity contribution in [1.29, 1.82) is 0 Å². The summed E-state index contributed by atoms with van der Waals surface area (Å²) in [7, 11) is 0.0605. The summed E-state index contributed by atoms with van der Waals surface area (Å²) < 4.78 is 0. The normalized spacial score (nSPS) is 14.1. The van der Waals surface area contributed by atoms with Crippen LogP contribution in [-0.4, -0.2) is 20.4 Å². The quantitative estimate of drug-likeness (QED) is 0.452. The standard InChI is InChI=1S/C4H9ClOSi/c1-4(2-5)3-7-6/h4,6H,2-3H2,1H3. The van der Waals surface area contributed by atoms with Gasteiger partial charge in [-0.1, -0.05) is 6.92 Å². The molecule has 3 heteroatoms. The Kier molecular flexibility index (Phi) is 4.93. The third-order valence-electron chi connectivity index (χ3n) is 0.703. The van der Waals surface area contributed by atoms with Crippen molar-refractivity contribution in [2.45, 2.75) is 13.0 Å². The lowest BCUT2D eigenvalue weighted by molar-refractivity contribution is 0.579. The molecule has 0 saturated heterocycles. The Morgan fingerprint density at radius 2 is 2.43 bits per heavy atom. The lowest BCUT2D eigenvalue weighted by atomic mass is 10.3. The lowest BCUT2D eigenvalue weighted by Gasteiger charge is -1.99. The molecule has 1 unspecified atom stereocenters. The minimum atomic E-state index is 0.0605. The van der Waals surface area contributed by atoms with Crippen molar-refractivity contribution < 1.29 is 4.80 Å². The predicted molar refractivity (Wildman–Crippen MR) is 32.7 cm³/mol. The highest BCUT2D eigenvalue weighted by atomic mass is 35.5. The molecule has 0 fully saturated rings. The summed E-state index contributed by atoms with van der Waals surface area (Å²) >= 11 is 5.42. The Hall–Kier alpha value is 0.467. The van der Waals surface area contributed by atoms with E-state index in [2.05, 4.69) is 0 Å². The van der Waals surface area contributed by atoms with Crippen LogP contribution in [0.25, 0.3) is 0 Å². The van der Waals surface area contributed by atoms with Gasteiger partial charge in [-0.15, -0.1) is 11.6 Å². The molecule has 2 radical (unpaired) electrons. The predicted octanol–water partition coefficient (Wildman–Crippen LogP) is 0.891. The summed E-state index contributed by atoms with van der Waals surface area (Å²) in [6.45, 7) is 2.02. The van der Waals surface area contributed by atoms with Crippen LogP contribution in [0.5, 0.6) is 0 Å². The van der Waals surface area contributed by atoms with E-state index in [1.165, 1.54) is 0 Å². The van der Waals surface area contributed by atoms with E-state index in [1.54, 1.807) is 0 Å². The highest BCUT2D eigenvalue weighted by molar-refractivity contribution is 6.26. The fourth-order valence-corrected chi connectivity index (χ4v) is 0.959. The molecule has 0 aromatic rings. The van der Waals surface area contributed by atoms with E-state index in [1.807, 2.05) is 6.92 Å². The summed E-state index contributed by atoms with van der Waals surface area (Å²) in [5.74, 6) is 1.14. The van der Waals surface area contributed by atoms with Gasteiger partial charge in [0, 0.05) is 5.88 Å².